The maximum absolute atomic E-state index is 12.5. The van der Waals surface area contributed by atoms with E-state index >= 15 is 0 Å². The second-order valence-corrected chi connectivity index (χ2v) is 8.31. The molecule has 0 aliphatic carbocycles. The van der Waals surface area contributed by atoms with Gasteiger partial charge in [-0.15, -0.1) is 0 Å². The maximum Gasteiger partial charge on any atom is 0.242 e. The van der Waals surface area contributed by atoms with Crippen LogP contribution < -0.4 is 0 Å². The average Bonchev–Trinajstić information content (AvgIpc) is 3.15. The molecule has 8 heteroatoms. The van der Waals surface area contributed by atoms with Gasteiger partial charge in [0, 0.05) is 19.8 Å². The van der Waals surface area contributed by atoms with Crippen LogP contribution in [0.1, 0.15) is 5.56 Å². The summed E-state index contributed by atoms with van der Waals surface area (Å²) in [4.78, 5) is 18.3. The Morgan fingerprint density at radius 2 is 2.04 bits per heavy atom. The van der Waals surface area contributed by atoms with Crippen molar-refractivity contribution in [2.45, 2.75) is 18.2 Å². The Balaban J connectivity index is 1.92. The first-order chi connectivity index (χ1) is 11.4. The largest absolute Gasteiger partial charge is 0.340 e. The number of amides is 1. The minimum Gasteiger partial charge on any atom is -0.340 e. The van der Waals surface area contributed by atoms with Crippen molar-refractivity contribution in [3.05, 3.63) is 46.7 Å². The lowest BCUT2D eigenvalue weighted by atomic mass is 10.3. The molecule has 126 valence electrons. The highest BCUT2D eigenvalue weighted by atomic mass is 32.2. The van der Waals surface area contributed by atoms with Crippen molar-refractivity contribution in [3.8, 4) is 0 Å². The van der Waals surface area contributed by atoms with Crippen LogP contribution in [0.5, 0.6) is 0 Å². The first-order valence-corrected chi connectivity index (χ1v) is 10.1. The SMILES string of the molecule is CN(Cc1ccsc1)C(=O)Cn1c(S(C)(=O)=O)nc2ccccc21. The van der Waals surface area contributed by atoms with Gasteiger partial charge in [0.05, 0.1) is 11.0 Å². The molecular formula is C16H17N3O3S2. The van der Waals surface area contributed by atoms with E-state index in [1.54, 1.807) is 47.5 Å². The number of carbonyl (C=O) groups is 1. The van der Waals surface area contributed by atoms with Crippen molar-refractivity contribution in [1.29, 1.82) is 0 Å². The van der Waals surface area contributed by atoms with Crippen LogP contribution in [0, 0.1) is 0 Å². The van der Waals surface area contributed by atoms with Crippen molar-refractivity contribution in [2.24, 2.45) is 0 Å². The first-order valence-electron chi connectivity index (χ1n) is 7.26. The number of hydrogen-bond donors (Lipinski definition) is 0. The topological polar surface area (TPSA) is 72.3 Å². The molecule has 0 bridgehead atoms. The van der Waals surface area contributed by atoms with Gasteiger partial charge in [-0.1, -0.05) is 12.1 Å². The van der Waals surface area contributed by atoms with E-state index in [2.05, 4.69) is 4.98 Å². The number of para-hydroxylation sites is 2. The molecule has 1 aromatic carbocycles. The number of sulfone groups is 1. The summed E-state index contributed by atoms with van der Waals surface area (Å²) in [6.45, 7) is 0.423. The van der Waals surface area contributed by atoms with Crippen LogP contribution in [0.2, 0.25) is 0 Å². The summed E-state index contributed by atoms with van der Waals surface area (Å²) in [5.41, 5.74) is 2.25. The van der Waals surface area contributed by atoms with Crippen LogP contribution in [0.15, 0.2) is 46.2 Å². The number of likely N-dealkylation sites (N-methyl/N-ethyl adjacent to an activating group) is 1. The Bertz CT molecular complexity index is 975. The molecule has 2 aromatic heterocycles. The number of benzene rings is 1. The van der Waals surface area contributed by atoms with E-state index in [1.165, 1.54) is 4.57 Å². The standard InChI is InChI=1S/C16H17N3O3S2/c1-18(9-12-7-8-23-11-12)15(20)10-19-14-6-4-3-5-13(14)17-16(19)24(2,21)22/h3-8,11H,9-10H2,1-2H3. The van der Waals surface area contributed by atoms with Gasteiger partial charge < -0.3 is 9.47 Å². The van der Waals surface area contributed by atoms with Gasteiger partial charge in [0.25, 0.3) is 0 Å². The molecular weight excluding hydrogens is 346 g/mol. The van der Waals surface area contributed by atoms with Gasteiger partial charge in [-0.2, -0.15) is 11.3 Å². The molecule has 0 saturated heterocycles. The van der Waals surface area contributed by atoms with Gasteiger partial charge in [-0.05, 0) is 34.5 Å². The van der Waals surface area contributed by atoms with Crippen LogP contribution in [-0.4, -0.2) is 42.1 Å². The maximum atomic E-state index is 12.5. The third-order valence-corrected chi connectivity index (χ3v) is 5.38. The summed E-state index contributed by atoms with van der Waals surface area (Å²) >= 11 is 1.57. The van der Waals surface area contributed by atoms with Crippen molar-refractivity contribution < 1.29 is 13.2 Å². The van der Waals surface area contributed by atoms with E-state index in [-0.39, 0.29) is 17.6 Å². The quantitative estimate of drug-likeness (QED) is 0.696. The number of thiophene rings is 1. The van der Waals surface area contributed by atoms with Crippen molar-refractivity contribution in [3.63, 3.8) is 0 Å². The second kappa shape index (κ2) is 6.37. The minimum atomic E-state index is -3.53. The summed E-state index contributed by atoms with van der Waals surface area (Å²) in [5.74, 6) is -0.172. The molecule has 0 fully saturated rings. The molecule has 0 N–H and O–H groups in total. The fraction of sp³-hybridized carbons (Fsp3) is 0.250. The minimum absolute atomic E-state index is 0.0659. The summed E-state index contributed by atoms with van der Waals surface area (Å²) in [6.07, 6.45) is 1.10. The summed E-state index contributed by atoms with van der Waals surface area (Å²) in [6, 6.07) is 9.05. The van der Waals surface area contributed by atoms with Gasteiger partial charge in [-0.25, -0.2) is 13.4 Å². The van der Waals surface area contributed by atoms with E-state index in [0.29, 0.717) is 17.6 Å². The molecule has 24 heavy (non-hydrogen) atoms. The van der Waals surface area contributed by atoms with Gasteiger partial charge in [0.1, 0.15) is 6.54 Å². The van der Waals surface area contributed by atoms with Crippen LogP contribution in [0.3, 0.4) is 0 Å². The molecule has 3 aromatic rings. The monoisotopic (exact) mass is 363 g/mol. The zero-order valence-corrected chi connectivity index (χ0v) is 15.0. The van der Waals surface area contributed by atoms with Crippen molar-refractivity contribution in [1.82, 2.24) is 14.5 Å². The number of aromatic nitrogens is 2. The lowest BCUT2D eigenvalue weighted by Crippen LogP contribution is -2.30. The zero-order valence-electron chi connectivity index (χ0n) is 13.3. The molecule has 0 spiro atoms. The molecule has 0 atom stereocenters. The van der Waals surface area contributed by atoms with Crippen LogP contribution in [0.25, 0.3) is 11.0 Å². The van der Waals surface area contributed by atoms with Crippen LogP contribution >= 0.6 is 11.3 Å². The second-order valence-electron chi connectivity index (χ2n) is 5.62. The number of nitrogens with zero attached hydrogens (tertiary/aromatic N) is 3. The molecule has 1 amide bonds. The van der Waals surface area contributed by atoms with E-state index in [9.17, 15) is 13.2 Å². The third-order valence-electron chi connectivity index (χ3n) is 3.67. The van der Waals surface area contributed by atoms with Crippen LogP contribution in [-0.2, 0) is 27.7 Å². The van der Waals surface area contributed by atoms with E-state index < -0.39 is 9.84 Å². The van der Waals surface area contributed by atoms with E-state index in [1.807, 2.05) is 16.8 Å². The van der Waals surface area contributed by atoms with Gasteiger partial charge in [0.15, 0.2) is 0 Å². The molecule has 0 unspecified atom stereocenters. The average molecular weight is 363 g/mol. The highest BCUT2D eigenvalue weighted by Gasteiger charge is 2.22. The molecule has 3 rings (SSSR count). The van der Waals surface area contributed by atoms with Crippen LogP contribution in [0.4, 0.5) is 0 Å². The zero-order chi connectivity index (χ0) is 17.3. The Labute approximate surface area is 144 Å². The lowest BCUT2D eigenvalue weighted by molar-refractivity contribution is -0.131. The van der Waals surface area contributed by atoms with E-state index in [0.717, 1.165) is 11.8 Å². The van der Waals surface area contributed by atoms with Crippen molar-refractivity contribution >= 4 is 38.1 Å². The Hall–Kier alpha value is -2.19. The normalized spacial score (nSPS) is 11.8. The van der Waals surface area contributed by atoms with Crippen molar-refractivity contribution in [2.75, 3.05) is 13.3 Å². The van der Waals surface area contributed by atoms with Gasteiger partial charge >= 0.3 is 0 Å². The summed E-state index contributed by atoms with van der Waals surface area (Å²) in [7, 11) is -1.83. The number of hydrogen-bond acceptors (Lipinski definition) is 5. The van der Waals surface area contributed by atoms with E-state index in [4.69, 9.17) is 0 Å². The number of rotatable bonds is 5. The molecule has 6 nitrogen and oxygen atoms in total. The Morgan fingerprint density at radius 3 is 2.71 bits per heavy atom. The molecule has 0 radical (unpaired) electrons. The molecule has 0 aliphatic heterocycles. The fourth-order valence-electron chi connectivity index (χ4n) is 2.49. The van der Waals surface area contributed by atoms with Gasteiger partial charge in [-0.3, -0.25) is 4.79 Å². The predicted molar refractivity (Wildman–Crippen MR) is 93.6 cm³/mol. The first kappa shape index (κ1) is 16.7. The number of carbonyl (C=O) groups excluding carboxylic acids is 1. The third kappa shape index (κ3) is 3.34. The molecule has 0 aliphatic rings. The highest BCUT2D eigenvalue weighted by Crippen LogP contribution is 2.20. The smallest absolute Gasteiger partial charge is 0.242 e. The lowest BCUT2D eigenvalue weighted by Gasteiger charge is -2.17. The number of fused-ring (bicyclic) bond motifs is 1. The Morgan fingerprint density at radius 1 is 1.29 bits per heavy atom. The molecule has 0 saturated carbocycles. The molecule has 2 heterocycles. The summed E-state index contributed by atoms with van der Waals surface area (Å²) in [5, 5.41) is 3.86. The highest BCUT2D eigenvalue weighted by molar-refractivity contribution is 7.90. The summed E-state index contributed by atoms with van der Waals surface area (Å²) < 4.78 is 25.5. The number of imidazole rings is 1. The Kier molecular flexibility index (Phi) is 4.42. The fourth-order valence-corrected chi connectivity index (χ4v) is 3.98. The predicted octanol–water partition coefficient (Wildman–Crippen LogP) is 2.16. The van der Waals surface area contributed by atoms with Gasteiger partial charge in [0.2, 0.25) is 20.9 Å².